The van der Waals surface area contributed by atoms with Crippen LogP contribution in [0.3, 0.4) is 0 Å². The van der Waals surface area contributed by atoms with Crippen LogP contribution in [0.5, 0.6) is 0 Å². The molecule has 0 spiro atoms. The number of hydrogen-bond donors (Lipinski definition) is 0. The first-order chi connectivity index (χ1) is 6.49. The zero-order valence-electron chi connectivity index (χ0n) is 9.84. The van der Waals surface area contributed by atoms with E-state index in [2.05, 4.69) is 19.6 Å². The molecule has 0 unspecified atom stereocenters. The molecule has 1 atom stereocenters. The Hall–Kier alpha value is 0.367. The maximum atomic E-state index is 12.0. The van der Waals surface area contributed by atoms with E-state index >= 15 is 0 Å². The number of rotatable bonds is 4. The summed E-state index contributed by atoms with van der Waals surface area (Å²) in [4.78, 5) is 0. The van der Waals surface area contributed by atoms with Gasteiger partial charge in [-0.3, -0.25) is 4.21 Å². The minimum absolute atomic E-state index is 0.518. The normalized spacial score (nSPS) is 22.2. The summed E-state index contributed by atoms with van der Waals surface area (Å²) in [5, 5.41) is 0.542. The van der Waals surface area contributed by atoms with Crippen molar-refractivity contribution in [1.29, 1.82) is 0 Å². The second-order valence-corrected chi connectivity index (χ2v) is 13.1. The molecule has 84 valence electrons. The van der Waals surface area contributed by atoms with Gasteiger partial charge in [0.15, 0.2) is 0 Å². The first-order valence-corrected chi connectivity index (χ1v) is 11.0. The first kappa shape index (κ1) is 12.4. The van der Waals surface area contributed by atoms with Crippen LogP contribution in [0.15, 0.2) is 0 Å². The Morgan fingerprint density at radius 3 is 2.21 bits per heavy atom. The summed E-state index contributed by atoms with van der Waals surface area (Å²) in [7, 11) is -1.49. The third-order valence-corrected chi connectivity index (χ3v) is 6.91. The van der Waals surface area contributed by atoms with Crippen molar-refractivity contribution in [2.75, 3.05) is 5.75 Å². The molecule has 1 aliphatic carbocycles. The zero-order chi connectivity index (χ0) is 10.6. The van der Waals surface area contributed by atoms with Crippen molar-refractivity contribution in [3.8, 4) is 0 Å². The Morgan fingerprint density at radius 1 is 1.14 bits per heavy atom. The van der Waals surface area contributed by atoms with Gasteiger partial charge in [0.05, 0.1) is 0 Å². The Balaban J connectivity index is 2.27. The summed E-state index contributed by atoms with van der Waals surface area (Å²) in [6.45, 7) is 7.10. The Bertz CT molecular complexity index is 192. The fourth-order valence-corrected chi connectivity index (χ4v) is 6.35. The minimum Gasteiger partial charge on any atom is -0.259 e. The molecule has 14 heavy (non-hydrogen) atoms. The third kappa shape index (κ3) is 4.74. The average molecular weight is 232 g/mol. The lowest BCUT2D eigenvalue weighted by Crippen LogP contribution is -2.27. The summed E-state index contributed by atoms with van der Waals surface area (Å²) in [5.74, 6) is 0.973. The van der Waals surface area contributed by atoms with Gasteiger partial charge in [0.25, 0.3) is 0 Å². The predicted octanol–water partition coefficient (Wildman–Crippen LogP) is 3.41. The molecule has 1 fully saturated rings. The monoisotopic (exact) mass is 232 g/mol. The molecule has 1 aliphatic rings. The van der Waals surface area contributed by atoms with Crippen LogP contribution in [-0.2, 0) is 10.8 Å². The van der Waals surface area contributed by atoms with Crippen LogP contribution in [0.4, 0.5) is 0 Å². The first-order valence-electron chi connectivity index (χ1n) is 5.86. The molecular weight excluding hydrogens is 208 g/mol. The fraction of sp³-hybridized carbons (Fsp3) is 1.00. The van der Waals surface area contributed by atoms with Crippen LogP contribution < -0.4 is 0 Å². The van der Waals surface area contributed by atoms with Gasteiger partial charge < -0.3 is 0 Å². The molecule has 0 saturated heterocycles. The highest BCUT2D eigenvalue weighted by Crippen LogP contribution is 2.23. The van der Waals surface area contributed by atoms with Crippen LogP contribution in [0.1, 0.15) is 32.1 Å². The van der Waals surface area contributed by atoms with Crippen molar-refractivity contribution in [2.24, 2.45) is 0 Å². The zero-order valence-corrected chi connectivity index (χ0v) is 11.7. The molecule has 1 saturated carbocycles. The van der Waals surface area contributed by atoms with Crippen LogP contribution in [0, 0.1) is 0 Å². The lowest BCUT2D eigenvalue weighted by Gasteiger charge is -2.22. The maximum Gasteiger partial charge on any atom is 0.0451 e. The lowest BCUT2D eigenvalue weighted by molar-refractivity contribution is 0.505. The molecule has 0 aromatic rings. The van der Waals surface area contributed by atoms with Crippen molar-refractivity contribution < 1.29 is 4.21 Å². The van der Waals surface area contributed by atoms with Gasteiger partial charge in [-0.1, -0.05) is 38.9 Å². The molecule has 0 N–H and O–H groups in total. The SMILES string of the molecule is C[Si](C)(C)CC[S@@](=O)C1CCCCC1. The van der Waals surface area contributed by atoms with E-state index in [-0.39, 0.29) is 0 Å². The molecule has 0 aliphatic heterocycles. The largest absolute Gasteiger partial charge is 0.259 e. The van der Waals surface area contributed by atoms with E-state index < -0.39 is 18.9 Å². The van der Waals surface area contributed by atoms with Gasteiger partial charge in [0.2, 0.25) is 0 Å². The van der Waals surface area contributed by atoms with Crippen LogP contribution >= 0.6 is 0 Å². The number of hydrogen-bond acceptors (Lipinski definition) is 1. The summed E-state index contributed by atoms with van der Waals surface area (Å²) in [6.07, 6.45) is 6.42. The third-order valence-electron chi connectivity index (χ3n) is 2.98. The minimum atomic E-state index is -0.977. The Morgan fingerprint density at radius 2 is 1.71 bits per heavy atom. The van der Waals surface area contributed by atoms with Crippen molar-refractivity contribution in [2.45, 2.75) is 63.0 Å². The predicted molar refractivity (Wildman–Crippen MR) is 68.0 cm³/mol. The molecule has 0 aromatic carbocycles. The summed E-state index contributed by atoms with van der Waals surface area (Å²) in [5.41, 5.74) is 0. The van der Waals surface area contributed by atoms with E-state index in [4.69, 9.17) is 0 Å². The second kappa shape index (κ2) is 5.45. The van der Waals surface area contributed by atoms with Gasteiger partial charge in [-0.15, -0.1) is 0 Å². The quantitative estimate of drug-likeness (QED) is 0.679. The van der Waals surface area contributed by atoms with Crippen molar-refractivity contribution >= 4 is 18.9 Å². The van der Waals surface area contributed by atoms with Crippen molar-refractivity contribution in [1.82, 2.24) is 0 Å². The van der Waals surface area contributed by atoms with Gasteiger partial charge in [0, 0.05) is 29.9 Å². The highest BCUT2D eigenvalue weighted by atomic mass is 32.2. The van der Waals surface area contributed by atoms with Crippen LogP contribution in [0.2, 0.25) is 25.7 Å². The van der Waals surface area contributed by atoms with Gasteiger partial charge in [-0.05, 0) is 18.9 Å². The second-order valence-electron chi connectivity index (χ2n) is 5.66. The Kier molecular flexibility index (Phi) is 4.84. The van der Waals surface area contributed by atoms with E-state index in [1.165, 1.54) is 38.1 Å². The van der Waals surface area contributed by atoms with Crippen molar-refractivity contribution in [3.63, 3.8) is 0 Å². The molecule has 0 amide bonds. The van der Waals surface area contributed by atoms with Gasteiger partial charge in [-0.2, -0.15) is 0 Å². The molecule has 3 heteroatoms. The summed E-state index contributed by atoms with van der Waals surface area (Å²) >= 11 is 0. The highest BCUT2D eigenvalue weighted by molar-refractivity contribution is 7.85. The smallest absolute Gasteiger partial charge is 0.0451 e. The molecule has 0 heterocycles. The van der Waals surface area contributed by atoms with Crippen LogP contribution in [-0.4, -0.2) is 23.3 Å². The van der Waals surface area contributed by atoms with Crippen LogP contribution in [0.25, 0.3) is 0 Å². The van der Waals surface area contributed by atoms with Gasteiger partial charge in [-0.25, -0.2) is 0 Å². The van der Waals surface area contributed by atoms with E-state index in [0.29, 0.717) is 5.25 Å². The molecular formula is C11H24OSSi. The Labute approximate surface area is 92.1 Å². The topological polar surface area (TPSA) is 17.1 Å². The molecule has 0 aromatic heterocycles. The van der Waals surface area contributed by atoms with E-state index in [9.17, 15) is 4.21 Å². The standard InChI is InChI=1S/C11H24OSSi/c1-14(2,3)10-9-13(12)11-7-5-4-6-8-11/h11H,4-10H2,1-3H3/t13-/m1/s1. The van der Waals surface area contributed by atoms with E-state index in [1.807, 2.05) is 0 Å². The lowest BCUT2D eigenvalue weighted by atomic mass is 10.0. The molecule has 0 radical (unpaired) electrons. The fourth-order valence-electron chi connectivity index (χ4n) is 1.90. The maximum absolute atomic E-state index is 12.0. The van der Waals surface area contributed by atoms with Crippen molar-refractivity contribution in [3.05, 3.63) is 0 Å². The average Bonchev–Trinajstić information content (AvgIpc) is 2.14. The summed E-state index contributed by atoms with van der Waals surface area (Å²) < 4.78 is 12.0. The van der Waals surface area contributed by atoms with Gasteiger partial charge in [0.1, 0.15) is 0 Å². The highest BCUT2D eigenvalue weighted by Gasteiger charge is 2.21. The summed E-state index contributed by atoms with van der Waals surface area (Å²) in [6, 6.07) is 1.23. The molecule has 1 rings (SSSR count). The molecule has 0 bridgehead atoms. The van der Waals surface area contributed by atoms with Gasteiger partial charge >= 0.3 is 0 Å². The van der Waals surface area contributed by atoms with E-state index in [0.717, 1.165) is 5.75 Å². The molecule has 1 nitrogen and oxygen atoms in total. The van der Waals surface area contributed by atoms with E-state index in [1.54, 1.807) is 0 Å².